The number of hydrogen-bond donors (Lipinski definition) is 2. The van der Waals surface area contributed by atoms with E-state index in [2.05, 4.69) is 5.32 Å². The monoisotopic (exact) mass is 298 g/mol. The molecular formula is C14H13F3N2O2. The third-order valence-electron chi connectivity index (χ3n) is 2.85. The average molecular weight is 298 g/mol. The number of benzene rings is 1. The van der Waals surface area contributed by atoms with E-state index in [9.17, 15) is 18.0 Å². The summed E-state index contributed by atoms with van der Waals surface area (Å²) >= 11 is 0. The second-order valence-electron chi connectivity index (χ2n) is 4.31. The van der Waals surface area contributed by atoms with Crippen molar-refractivity contribution in [3.8, 4) is 0 Å². The van der Waals surface area contributed by atoms with Crippen LogP contribution >= 0.6 is 0 Å². The lowest BCUT2D eigenvalue weighted by Gasteiger charge is -2.12. The number of furan rings is 1. The fourth-order valence-corrected chi connectivity index (χ4v) is 1.82. The van der Waals surface area contributed by atoms with Gasteiger partial charge in [0.25, 0.3) is 5.91 Å². The first-order valence-electron chi connectivity index (χ1n) is 6.14. The second-order valence-corrected chi connectivity index (χ2v) is 4.31. The summed E-state index contributed by atoms with van der Waals surface area (Å²) < 4.78 is 43.5. The van der Waals surface area contributed by atoms with Gasteiger partial charge in [0.15, 0.2) is 5.76 Å². The van der Waals surface area contributed by atoms with Crippen molar-refractivity contribution in [3.63, 3.8) is 0 Å². The predicted molar refractivity (Wildman–Crippen MR) is 69.2 cm³/mol. The van der Waals surface area contributed by atoms with E-state index < -0.39 is 17.6 Å². The Balaban J connectivity index is 2.08. The number of nitrogens with two attached hydrogens (primary N) is 1. The summed E-state index contributed by atoms with van der Waals surface area (Å²) in [4.78, 5) is 11.8. The van der Waals surface area contributed by atoms with E-state index >= 15 is 0 Å². The van der Waals surface area contributed by atoms with Gasteiger partial charge in [-0.25, -0.2) is 0 Å². The number of alkyl halides is 3. The van der Waals surface area contributed by atoms with Crippen LogP contribution in [0.25, 0.3) is 0 Å². The van der Waals surface area contributed by atoms with Crippen LogP contribution < -0.4 is 11.1 Å². The van der Waals surface area contributed by atoms with Crippen molar-refractivity contribution in [3.05, 3.63) is 59.0 Å². The molecule has 4 nitrogen and oxygen atoms in total. The van der Waals surface area contributed by atoms with Crippen molar-refractivity contribution in [1.29, 1.82) is 0 Å². The van der Waals surface area contributed by atoms with E-state index in [1.54, 1.807) is 6.07 Å². The molecule has 0 aliphatic carbocycles. The summed E-state index contributed by atoms with van der Waals surface area (Å²) in [5.41, 5.74) is 4.56. The Morgan fingerprint density at radius 2 is 1.90 bits per heavy atom. The Morgan fingerprint density at radius 1 is 1.19 bits per heavy atom. The fourth-order valence-electron chi connectivity index (χ4n) is 1.82. The summed E-state index contributed by atoms with van der Waals surface area (Å²) in [6.07, 6.45) is -4.46. The van der Waals surface area contributed by atoms with Crippen LogP contribution in [0, 0.1) is 0 Å². The van der Waals surface area contributed by atoms with Crippen molar-refractivity contribution in [2.45, 2.75) is 19.3 Å². The van der Waals surface area contributed by atoms with Crippen molar-refractivity contribution in [1.82, 2.24) is 5.32 Å². The average Bonchev–Trinajstić information content (AvgIpc) is 2.93. The van der Waals surface area contributed by atoms with Crippen LogP contribution in [-0.4, -0.2) is 5.91 Å². The summed E-state index contributed by atoms with van der Waals surface area (Å²) in [6.45, 7) is -0.0998. The highest BCUT2D eigenvalue weighted by Gasteiger charge is 2.32. The zero-order valence-electron chi connectivity index (χ0n) is 10.9. The minimum absolute atomic E-state index is 0.0102. The van der Waals surface area contributed by atoms with Gasteiger partial charge in [-0.1, -0.05) is 18.2 Å². The quantitative estimate of drug-likeness (QED) is 0.912. The fraction of sp³-hybridized carbons (Fsp3) is 0.214. The molecule has 0 unspecified atom stereocenters. The maximum Gasteiger partial charge on any atom is 0.416 e. The van der Waals surface area contributed by atoms with Gasteiger partial charge in [0.1, 0.15) is 5.76 Å². The van der Waals surface area contributed by atoms with Gasteiger partial charge in [-0.05, 0) is 23.8 Å². The van der Waals surface area contributed by atoms with Crippen LogP contribution in [0.5, 0.6) is 0 Å². The molecule has 2 aromatic rings. The molecule has 1 aromatic heterocycles. The van der Waals surface area contributed by atoms with Crippen molar-refractivity contribution < 1.29 is 22.4 Å². The lowest BCUT2D eigenvalue weighted by atomic mass is 10.1. The molecule has 1 amide bonds. The van der Waals surface area contributed by atoms with Crippen LogP contribution in [-0.2, 0) is 19.3 Å². The first-order chi connectivity index (χ1) is 9.91. The lowest BCUT2D eigenvalue weighted by molar-refractivity contribution is -0.138. The predicted octanol–water partition coefficient (Wildman–Crippen LogP) is 2.69. The van der Waals surface area contributed by atoms with Gasteiger partial charge in [-0.3, -0.25) is 4.79 Å². The van der Waals surface area contributed by atoms with Gasteiger partial charge in [0.2, 0.25) is 0 Å². The molecule has 0 spiro atoms. The highest BCUT2D eigenvalue weighted by molar-refractivity contribution is 5.91. The molecule has 2 rings (SSSR count). The SMILES string of the molecule is NCc1ccc(C(=O)NCc2ccccc2C(F)(F)F)o1. The van der Waals surface area contributed by atoms with Crippen LogP contribution in [0.1, 0.15) is 27.4 Å². The summed E-state index contributed by atoms with van der Waals surface area (Å²) in [5.74, 6) is -0.151. The van der Waals surface area contributed by atoms with Crippen molar-refractivity contribution >= 4 is 5.91 Å². The number of carbonyl (C=O) groups is 1. The van der Waals surface area contributed by atoms with Crippen LogP contribution in [0.15, 0.2) is 40.8 Å². The highest BCUT2D eigenvalue weighted by atomic mass is 19.4. The summed E-state index contributed by atoms with van der Waals surface area (Å²) in [6, 6.07) is 8.04. The number of carbonyl (C=O) groups excluding carboxylic acids is 1. The molecule has 1 heterocycles. The summed E-state index contributed by atoms with van der Waals surface area (Å²) in [7, 11) is 0. The van der Waals surface area contributed by atoms with E-state index in [0.29, 0.717) is 5.76 Å². The van der Waals surface area contributed by atoms with E-state index in [4.69, 9.17) is 10.2 Å². The van der Waals surface area contributed by atoms with Crippen molar-refractivity contribution in [2.75, 3.05) is 0 Å². The Morgan fingerprint density at radius 3 is 2.52 bits per heavy atom. The standard InChI is InChI=1S/C14H13F3N2O2/c15-14(16,17)11-4-2-1-3-9(11)8-19-13(20)12-6-5-10(7-18)21-12/h1-6H,7-8,18H2,(H,19,20). The second kappa shape index (κ2) is 6.01. The largest absolute Gasteiger partial charge is 0.455 e. The maximum atomic E-state index is 12.8. The normalized spacial score (nSPS) is 11.4. The molecule has 1 aromatic carbocycles. The van der Waals surface area contributed by atoms with Gasteiger partial charge in [0, 0.05) is 6.54 Å². The number of halogens is 3. The summed E-state index contributed by atoms with van der Waals surface area (Å²) in [5, 5.41) is 2.39. The molecule has 0 bridgehead atoms. The molecule has 3 N–H and O–H groups in total. The zero-order chi connectivity index (χ0) is 15.5. The number of rotatable bonds is 4. The third-order valence-corrected chi connectivity index (χ3v) is 2.85. The first kappa shape index (κ1) is 15.1. The third kappa shape index (κ3) is 3.63. The minimum atomic E-state index is -4.46. The maximum absolute atomic E-state index is 12.8. The van der Waals surface area contributed by atoms with Gasteiger partial charge >= 0.3 is 6.18 Å². The first-order valence-corrected chi connectivity index (χ1v) is 6.14. The number of hydrogen-bond acceptors (Lipinski definition) is 3. The molecule has 0 aliphatic rings. The van der Waals surface area contributed by atoms with Crippen molar-refractivity contribution in [2.24, 2.45) is 5.73 Å². The molecule has 0 saturated carbocycles. The molecule has 112 valence electrons. The molecule has 21 heavy (non-hydrogen) atoms. The van der Waals surface area contributed by atoms with Gasteiger partial charge in [-0.15, -0.1) is 0 Å². The molecule has 0 atom stereocenters. The van der Waals surface area contributed by atoms with Gasteiger partial charge < -0.3 is 15.5 Å². The molecule has 0 fully saturated rings. The van der Waals surface area contributed by atoms with Gasteiger partial charge in [-0.2, -0.15) is 13.2 Å². The van der Waals surface area contributed by atoms with E-state index in [-0.39, 0.29) is 24.4 Å². The minimum Gasteiger partial charge on any atom is -0.455 e. The molecule has 0 radical (unpaired) electrons. The number of nitrogens with one attached hydrogen (secondary N) is 1. The van der Waals surface area contributed by atoms with Crippen LogP contribution in [0.4, 0.5) is 13.2 Å². The Kier molecular flexibility index (Phi) is 4.32. The van der Waals surface area contributed by atoms with Gasteiger partial charge in [0.05, 0.1) is 12.1 Å². The number of amides is 1. The van der Waals surface area contributed by atoms with E-state index in [1.807, 2.05) is 0 Å². The Labute approximate surface area is 118 Å². The van der Waals surface area contributed by atoms with E-state index in [0.717, 1.165) is 6.07 Å². The topological polar surface area (TPSA) is 68.3 Å². The molecule has 0 aliphatic heterocycles. The molecule has 0 saturated heterocycles. The molecule has 7 heteroatoms. The van der Waals surface area contributed by atoms with Crippen LogP contribution in [0.3, 0.4) is 0 Å². The molecular weight excluding hydrogens is 285 g/mol. The Hall–Kier alpha value is -2.28. The Bertz CT molecular complexity index is 635. The van der Waals surface area contributed by atoms with E-state index in [1.165, 1.54) is 24.3 Å². The smallest absolute Gasteiger partial charge is 0.416 e. The zero-order valence-corrected chi connectivity index (χ0v) is 10.9. The highest BCUT2D eigenvalue weighted by Crippen LogP contribution is 2.31. The lowest BCUT2D eigenvalue weighted by Crippen LogP contribution is -2.24. The van der Waals surface area contributed by atoms with Crippen LogP contribution in [0.2, 0.25) is 0 Å².